The van der Waals surface area contributed by atoms with Gasteiger partial charge in [-0.15, -0.1) is 0 Å². The van der Waals surface area contributed by atoms with Gasteiger partial charge in [-0.1, -0.05) is 20.8 Å². The lowest BCUT2D eigenvalue weighted by molar-refractivity contribution is -0.200. The van der Waals surface area contributed by atoms with Crippen LogP contribution in [0.5, 0.6) is 0 Å². The Hall–Kier alpha value is -0.610. The molecule has 0 unspecified atom stereocenters. The zero-order chi connectivity index (χ0) is 14.1. The molecule has 4 heteroatoms. The van der Waals surface area contributed by atoms with Gasteiger partial charge in [0.2, 0.25) is 0 Å². The summed E-state index contributed by atoms with van der Waals surface area (Å²) in [5, 5.41) is 0. The average molecular weight is 257 g/mol. The minimum atomic E-state index is -0.237. The van der Waals surface area contributed by atoms with Crippen LogP contribution in [-0.4, -0.2) is 49.3 Å². The number of likely N-dealkylation sites (N-methyl/N-ethyl adjacent to an activating group) is 1. The van der Waals surface area contributed by atoms with Crippen molar-refractivity contribution in [2.24, 2.45) is 5.41 Å². The highest BCUT2D eigenvalue weighted by atomic mass is 16.6. The molecule has 0 bridgehead atoms. The van der Waals surface area contributed by atoms with Crippen LogP contribution in [0.3, 0.4) is 0 Å². The van der Waals surface area contributed by atoms with Gasteiger partial charge in [-0.2, -0.15) is 0 Å². The zero-order valence-electron chi connectivity index (χ0n) is 12.7. The van der Waals surface area contributed by atoms with Gasteiger partial charge in [0.05, 0.1) is 12.1 Å². The topological polar surface area (TPSA) is 38.8 Å². The number of rotatable bonds is 2. The van der Waals surface area contributed by atoms with Crippen LogP contribution in [0, 0.1) is 5.41 Å². The maximum atomic E-state index is 11.3. The zero-order valence-corrected chi connectivity index (χ0v) is 12.7. The lowest BCUT2D eigenvalue weighted by Crippen LogP contribution is -2.58. The number of carbonyl (C=O) groups excluding carboxylic acids is 1. The normalized spacial score (nSPS) is 33.6. The van der Waals surface area contributed by atoms with Crippen molar-refractivity contribution in [3.05, 3.63) is 0 Å². The van der Waals surface area contributed by atoms with Crippen molar-refractivity contribution < 1.29 is 14.3 Å². The molecule has 1 heterocycles. The summed E-state index contributed by atoms with van der Waals surface area (Å²) in [5.41, 5.74) is -0.0525. The lowest BCUT2D eigenvalue weighted by Gasteiger charge is -2.47. The molecule has 0 radical (unpaired) electrons. The van der Waals surface area contributed by atoms with Crippen molar-refractivity contribution in [3.63, 3.8) is 0 Å². The summed E-state index contributed by atoms with van der Waals surface area (Å²) in [5.74, 6) is -0.237. The van der Waals surface area contributed by atoms with Crippen molar-refractivity contribution in [3.8, 4) is 0 Å². The van der Waals surface area contributed by atoms with E-state index in [2.05, 4.69) is 32.6 Å². The number of ether oxygens (including phenoxy) is 2. The molecule has 1 aliphatic rings. The standard InChI is InChI=1S/C14H27NO3/c1-9-8-11(15(6)7)12(18-10(2)16)13(17-9)14(3,4)5/h9,11-13H,8H2,1-7H3/t9-,11+,12-,13-/m1/s1. The fourth-order valence-electron chi connectivity index (χ4n) is 2.59. The molecular weight excluding hydrogens is 230 g/mol. The van der Waals surface area contributed by atoms with Crippen molar-refractivity contribution in [1.82, 2.24) is 4.90 Å². The molecular formula is C14H27NO3. The van der Waals surface area contributed by atoms with Crippen LogP contribution in [0.25, 0.3) is 0 Å². The number of nitrogens with zero attached hydrogens (tertiary/aromatic N) is 1. The maximum absolute atomic E-state index is 11.3. The summed E-state index contributed by atoms with van der Waals surface area (Å²) >= 11 is 0. The summed E-state index contributed by atoms with van der Waals surface area (Å²) in [7, 11) is 4.05. The number of hydrogen-bond donors (Lipinski definition) is 0. The Bertz CT molecular complexity index is 296. The molecule has 0 aliphatic carbocycles. The lowest BCUT2D eigenvalue weighted by atomic mass is 9.80. The van der Waals surface area contributed by atoms with Gasteiger partial charge in [-0.05, 0) is 32.9 Å². The highest BCUT2D eigenvalue weighted by Crippen LogP contribution is 2.35. The van der Waals surface area contributed by atoms with Crippen molar-refractivity contribution >= 4 is 5.97 Å². The monoisotopic (exact) mass is 257 g/mol. The second-order valence-electron chi connectivity index (χ2n) is 6.57. The maximum Gasteiger partial charge on any atom is 0.303 e. The predicted molar refractivity (Wildman–Crippen MR) is 71.4 cm³/mol. The molecule has 0 aromatic heterocycles. The quantitative estimate of drug-likeness (QED) is 0.710. The highest BCUT2D eigenvalue weighted by Gasteiger charge is 2.45. The number of esters is 1. The Balaban J connectivity index is 3.00. The first-order valence-electron chi connectivity index (χ1n) is 6.62. The van der Waals surface area contributed by atoms with Crippen LogP contribution in [0.15, 0.2) is 0 Å². The number of carbonyl (C=O) groups is 1. The molecule has 0 spiro atoms. The SMILES string of the molecule is CC(=O)O[C@H]1[C@H](C(C)(C)C)O[C@H](C)C[C@@H]1N(C)C. The van der Waals surface area contributed by atoms with Crippen LogP contribution in [0.1, 0.15) is 41.0 Å². The molecule has 0 N–H and O–H groups in total. The third-order valence-corrected chi connectivity index (χ3v) is 3.45. The van der Waals surface area contributed by atoms with Crippen LogP contribution in [0.2, 0.25) is 0 Å². The first-order valence-corrected chi connectivity index (χ1v) is 6.62. The first-order chi connectivity index (χ1) is 8.12. The fourth-order valence-corrected chi connectivity index (χ4v) is 2.59. The summed E-state index contributed by atoms with van der Waals surface area (Å²) in [6, 6.07) is 0.210. The first kappa shape index (κ1) is 15.4. The van der Waals surface area contributed by atoms with E-state index in [9.17, 15) is 4.79 Å². The van der Waals surface area contributed by atoms with Crippen LogP contribution in [0.4, 0.5) is 0 Å². The largest absolute Gasteiger partial charge is 0.458 e. The molecule has 0 saturated carbocycles. The molecule has 0 aromatic rings. The molecule has 4 atom stereocenters. The van der Waals surface area contributed by atoms with E-state index < -0.39 is 0 Å². The molecule has 0 amide bonds. The van der Waals surface area contributed by atoms with Crippen molar-refractivity contribution in [2.75, 3.05) is 14.1 Å². The molecule has 1 rings (SSSR count). The Labute approximate surface area is 111 Å². The second kappa shape index (κ2) is 5.57. The Morgan fingerprint density at radius 1 is 1.33 bits per heavy atom. The second-order valence-corrected chi connectivity index (χ2v) is 6.57. The third kappa shape index (κ3) is 3.69. The average Bonchev–Trinajstić information content (AvgIpc) is 2.17. The van der Waals surface area contributed by atoms with Gasteiger partial charge in [-0.3, -0.25) is 4.79 Å². The van der Waals surface area contributed by atoms with Gasteiger partial charge in [0.15, 0.2) is 0 Å². The number of hydrogen-bond acceptors (Lipinski definition) is 4. The van der Waals surface area contributed by atoms with Gasteiger partial charge < -0.3 is 14.4 Å². The molecule has 4 nitrogen and oxygen atoms in total. The van der Waals surface area contributed by atoms with E-state index in [1.165, 1.54) is 6.92 Å². The van der Waals surface area contributed by atoms with E-state index in [1.807, 2.05) is 14.1 Å². The molecule has 1 saturated heterocycles. The summed E-state index contributed by atoms with van der Waals surface area (Å²) in [6.07, 6.45) is 0.803. The molecule has 1 fully saturated rings. The van der Waals surface area contributed by atoms with E-state index in [4.69, 9.17) is 9.47 Å². The predicted octanol–water partition coefficient (Wildman–Crippen LogP) is 2.07. The van der Waals surface area contributed by atoms with E-state index in [1.54, 1.807) is 0 Å². The Morgan fingerprint density at radius 2 is 1.89 bits per heavy atom. The van der Waals surface area contributed by atoms with Gasteiger partial charge in [0.1, 0.15) is 12.2 Å². The van der Waals surface area contributed by atoms with E-state index in [0.29, 0.717) is 0 Å². The summed E-state index contributed by atoms with van der Waals surface area (Å²) < 4.78 is 11.6. The molecule has 1 aliphatic heterocycles. The smallest absolute Gasteiger partial charge is 0.303 e. The van der Waals surface area contributed by atoms with Crippen LogP contribution >= 0.6 is 0 Å². The van der Waals surface area contributed by atoms with E-state index in [-0.39, 0.29) is 35.7 Å². The molecule has 106 valence electrons. The van der Waals surface area contributed by atoms with Gasteiger partial charge in [0, 0.05) is 6.92 Å². The van der Waals surface area contributed by atoms with Gasteiger partial charge in [0.25, 0.3) is 0 Å². The van der Waals surface area contributed by atoms with Crippen molar-refractivity contribution in [2.45, 2.75) is 65.4 Å². The van der Waals surface area contributed by atoms with E-state index >= 15 is 0 Å². The van der Waals surface area contributed by atoms with E-state index in [0.717, 1.165) is 6.42 Å². The minimum Gasteiger partial charge on any atom is -0.458 e. The summed E-state index contributed by atoms with van der Waals surface area (Å²) in [6.45, 7) is 9.92. The fraction of sp³-hybridized carbons (Fsp3) is 0.929. The van der Waals surface area contributed by atoms with Crippen LogP contribution < -0.4 is 0 Å². The third-order valence-electron chi connectivity index (χ3n) is 3.45. The Morgan fingerprint density at radius 3 is 2.28 bits per heavy atom. The van der Waals surface area contributed by atoms with Crippen LogP contribution in [-0.2, 0) is 14.3 Å². The van der Waals surface area contributed by atoms with Gasteiger partial charge in [-0.25, -0.2) is 0 Å². The van der Waals surface area contributed by atoms with Crippen molar-refractivity contribution in [1.29, 1.82) is 0 Å². The molecule has 0 aromatic carbocycles. The minimum absolute atomic E-state index is 0.0525. The summed E-state index contributed by atoms with van der Waals surface area (Å²) in [4.78, 5) is 13.5. The van der Waals surface area contributed by atoms with Gasteiger partial charge >= 0.3 is 5.97 Å². The molecule has 18 heavy (non-hydrogen) atoms. The highest BCUT2D eigenvalue weighted by molar-refractivity contribution is 5.66. The Kier molecular flexibility index (Phi) is 4.78.